The molecule has 2 heterocycles. The highest BCUT2D eigenvalue weighted by molar-refractivity contribution is 7.12. The molecule has 0 saturated carbocycles. The quantitative estimate of drug-likeness (QED) is 0.378. The molecule has 10 heteroatoms. The molecule has 1 amide bonds. The molecule has 2 aromatic carbocycles. The molecule has 1 aromatic heterocycles. The fourth-order valence-electron chi connectivity index (χ4n) is 3.60. The lowest BCUT2D eigenvalue weighted by atomic mass is 10.0. The van der Waals surface area contributed by atoms with Gasteiger partial charge in [0.05, 0.1) is 47.1 Å². The van der Waals surface area contributed by atoms with Crippen LogP contribution in [0.1, 0.15) is 33.3 Å². The first-order valence-electron chi connectivity index (χ1n) is 10.3. The van der Waals surface area contributed by atoms with Gasteiger partial charge in [0, 0.05) is 6.42 Å². The van der Waals surface area contributed by atoms with Gasteiger partial charge in [-0.3, -0.25) is 4.79 Å². The van der Waals surface area contributed by atoms with Crippen LogP contribution in [0.2, 0.25) is 5.02 Å². The minimum atomic E-state index is -0.680. The smallest absolute Gasteiger partial charge is 0.338 e. The second-order valence-electron chi connectivity index (χ2n) is 7.41. The predicted molar refractivity (Wildman–Crippen MR) is 131 cm³/mol. The van der Waals surface area contributed by atoms with Gasteiger partial charge in [0.15, 0.2) is 18.1 Å². The Bertz CT molecular complexity index is 1250. The van der Waals surface area contributed by atoms with Gasteiger partial charge in [-0.05, 0) is 47.3 Å². The highest BCUT2D eigenvalue weighted by atomic mass is 35.5. The largest absolute Gasteiger partial charge is 0.493 e. The first kappa shape index (κ1) is 23.6. The first-order valence-corrected chi connectivity index (χ1v) is 11.5. The average Bonchev–Trinajstić information content (AvgIpc) is 3.54. The van der Waals surface area contributed by atoms with Crippen molar-refractivity contribution >= 4 is 46.2 Å². The number of benzene rings is 2. The number of methoxy groups -OCH3 is 2. The molecule has 8 nitrogen and oxygen atoms in total. The van der Waals surface area contributed by atoms with Gasteiger partial charge in [-0.2, -0.15) is 5.10 Å². The highest BCUT2D eigenvalue weighted by Gasteiger charge is 2.34. The number of nitrogen functional groups attached to an aromatic ring is 1. The number of hydrogen-bond donors (Lipinski definition) is 1. The Hall–Kier alpha value is -3.56. The molecular weight excluding hydrogens is 478 g/mol. The molecule has 0 bridgehead atoms. The second-order valence-corrected chi connectivity index (χ2v) is 8.76. The van der Waals surface area contributed by atoms with Crippen molar-refractivity contribution in [3.05, 3.63) is 74.9 Å². The van der Waals surface area contributed by atoms with Gasteiger partial charge >= 0.3 is 5.97 Å². The topological polar surface area (TPSA) is 103 Å². The minimum Gasteiger partial charge on any atom is -0.493 e. The molecule has 0 unspecified atom stereocenters. The Labute approximate surface area is 205 Å². The van der Waals surface area contributed by atoms with Crippen molar-refractivity contribution in [1.82, 2.24) is 5.01 Å². The summed E-state index contributed by atoms with van der Waals surface area (Å²) in [6, 6.07) is 13.3. The Kier molecular flexibility index (Phi) is 7.04. The molecular formula is C24H22ClN3O5S. The molecule has 2 N–H and O–H groups in total. The summed E-state index contributed by atoms with van der Waals surface area (Å²) in [5, 5.41) is 8.22. The Morgan fingerprint density at radius 1 is 1.15 bits per heavy atom. The van der Waals surface area contributed by atoms with Crippen LogP contribution in [0, 0.1) is 0 Å². The van der Waals surface area contributed by atoms with Crippen LogP contribution in [0.5, 0.6) is 11.5 Å². The highest BCUT2D eigenvalue weighted by Crippen LogP contribution is 2.38. The second kappa shape index (κ2) is 10.1. The number of carbonyl (C=O) groups excluding carboxylic acids is 2. The van der Waals surface area contributed by atoms with Crippen LogP contribution < -0.4 is 15.2 Å². The number of nitrogens with zero attached hydrogens (tertiary/aromatic N) is 2. The Morgan fingerprint density at radius 3 is 2.62 bits per heavy atom. The fraction of sp³-hybridized carbons (Fsp3) is 0.208. The third kappa shape index (κ3) is 4.85. The van der Waals surface area contributed by atoms with Crippen molar-refractivity contribution in [2.24, 2.45) is 5.10 Å². The van der Waals surface area contributed by atoms with Crippen LogP contribution in [0.25, 0.3) is 0 Å². The van der Waals surface area contributed by atoms with E-state index in [1.54, 1.807) is 31.6 Å². The van der Waals surface area contributed by atoms with Gasteiger partial charge in [0.1, 0.15) is 0 Å². The summed E-state index contributed by atoms with van der Waals surface area (Å²) < 4.78 is 16.0. The SMILES string of the molecule is COc1ccc([C@H]2CC(c3cccs3)=NN2C(=O)COC(=O)c2ccc(Cl)c(N)c2)cc1OC. The van der Waals surface area contributed by atoms with Gasteiger partial charge in [-0.1, -0.05) is 23.7 Å². The zero-order chi connectivity index (χ0) is 24.2. The first-order chi connectivity index (χ1) is 16.4. The molecule has 0 fully saturated rings. The van der Waals surface area contributed by atoms with E-state index in [-0.39, 0.29) is 11.3 Å². The maximum Gasteiger partial charge on any atom is 0.338 e. The number of rotatable bonds is 7. The molecule has 176 valence electrons. The van der Waals surface area contributed by atoms with Gasteiger partial charge in [-0.15, -0.1) is 11.3 Å². The van der Waals surface area contributed by atoms with Crippen molar-refractivity contribution in [2.75, 3.05) is 26.6 Å². The Morgan fingerprint density at radius 2 is 1.94 bits per heavy atom. The van der Waals surface area contributed by atoms with Crippen molar-refractivity contribution in [3.63, 3.8) is 0 Å². The van der Waals surface area contributed by atoms with Gasteiger partial charge < -0.3 is 19.9 Å². The maximum atomic E-state index is 13.1. The molecule has 1 atom stereocenters. The molecule has 0 saturated heterocycles. The van der Waals surface area contributed by atoms with Gasteiger partial charge in [-0.25, -0.2) is 9.80 Å². The van der Waals surface area contributed by atoms with E-state index in [1.165, 1.54) is 23.2 Å². The summed E-state index contributed by atoms with van der Waals surface area (Å²) >= 11 is 7.44. The van der Waals surface area contributed by atoms with E-state index in [2.05, 4.69) is 5.10 Å². The fourth-order valence-corrected chi connectivity index (χ4v) is 4.44. The monoisotopic (exact) mass is 499 g/mol. The van der Waals surface area contributed by atoms with E-state index in [0.717, 1.165) is 16.2 Å². The van der Waals surface area contributed by atoms with E-state index < -0.39 is 24.5 Å². The third-order valence-electron chi connectivity index (χ3n) is 5.32. The standard InChI is InChI=1S/C24H22ClN3O5S/c1-31-20-8-6-14(11-21(20)32-2)19-12-18(22-4-3-9-34-22)27-28(19)23(29)13-33-24(30)15-5-7-16(25)17(26)10-15/h3-11,19H,12-13,26H2,1-2H3/t19-/m1/s1. The average molecular weight is 500 g/mol. The zero-order valence-electron chi connectivity index (χ0n) is 18.5. The summed E-state index contributed by atoms with van der Waals surface area (Å²) in [6.07, 6.45) is 0.503. The van der Waals surface area contributed by atoms with E-state index in [1.807, 2.05) is 29.6 Å². The summed E-state index contributed by atoms with van der Waals surface area (Å²) in [5.41, 5.74) is 7.80. The summed E-state index contributed by atoms with van der Waals surface area (Å²) in [6.45, 7) is -0.480. The van der Waals surface area contributed by atoms with Crippen molar-refractivity contribution in [2.45, 2.75) is 12.5 Å². The lowest BCUT2D eigenvalue weighted by Crippen LogP contribution is -2.31. The van der Waals surface area contributed by atoms with Gasteiger partial charge in [0.25, 0.3) is 5.91 Å². The number of carbonyl (C=O) groups is 2. The molecule has 4 rings (SSSR count). The number of halogens is 1. The van der Waals surface area contributed by atoms with Crippen LogP contribution in [-0.2, 0) is 9.53 Å². The predicted octanol–water partition coefficient (Wildman–Crippen LogP) is 4.54. The molecule has 0 spiro atoms. The lowest BCUT2D eigenvalue weighted by molar-refractivity contribution is -0.136. The van der Waals surface area contributed by atoms with Crippen LogP contribution >= 0.6 is 22.9 Å². The van der Waals surface area contributed by atoms with Gasteiger partial charge in [0.2, 0.25) is 0 Å². The normalized spacial score (nSPS) is 15.1. The molecule has 0 aliphatic carbocycles. The van der Waals surface area contributed by atoms with Crippen molar-refractivity contribution in [1.29, 1.82) is 0 Å². The summed E-state index contributed by atoms with van der Waals surface area (Å²) in [7, 11) is 3.11. The number of nitrogens with two attached hydrogens (primary N) is 1. The number of ether oxygens (including phenoxy) is 3. The number of thiophene rings is 1. The molecule has 1 aliphatic heterocycles. The number of amides is 1. The van der Waals surface area contributed by atoms with Crippen LogP contribution in [-0.4, -0.2) is 43.4 Å². The number of hydrazone groups is 1. The number of anilines is 1. The third-order valence-corrected chi connectivity index (χ3v) is 6.59. The van der Waals surface area contributed by atoms with E-state index in [9.17, 15) is 9.59 Å². The van der Waals surface area contributed by atoms with Crippen molar-refractivity contribution in [3.8, 4) is 11.5 Å². The minimum absolute atomic E-state index is 0.204. The van der Waals surface area contributed by atoms with E-state index in [4.69, 9.17) is 31.5 Å². The molecule has 1 aliphatic rings. The Balaban J connectivity index is 1.56. The lowest BCUT2D eigenvalue weighted by Gasteiger charge is -2.22. The zero-order valence-corrected chi connectivity index (χ0v) is 20.1. The van der Waals surface area contributed by atoms with E-state index >= 15 is 0 Å². The molecule has 3 aromatic rings. The molecule has 0 radical (unpaired) electrons. The van der Waals surface area contributed by atoms with Crippen LogP contribution in [0.15, 0.2) is 59.0 Å². The summed E-state index contributed by atoms with van der Waals surface area (Å²) in [5.74, 6) is -0.0101. The number of hydrogen-bond acceptors (Lipinski definition) is 8. The molecule has 34 heavy (non-hydrogen) atoms. The van der Waals surface area contributed by atoms with Crippen LogP contribution in [0.4, 0.5) is 5.69 Å². The maximum absolute atomic E-state index is 13.1. The van der Waals surface area contributed by atoms with Crippen molar-refractivity contribution < 1.29 is 23.8 Å². The van der Waals surface area contributed by atoms with E-state index in [0.29, 0.717) is 22.9 Å². The summed E-state index contributed by atoms with van der Waals surface area (Å²) in [4.78, 5) is 26.5. The number of esters is 1. The van der Waals surface area contributed by atoms with Crippen LogP contribution in [0.3, 0.4) is 0 Å².